The minimum Gasteiger partial charge on any atom is -0.385 e. The molecule has 3 nitrogen and oxygen atoms in total. The molecule has 1 aromatic rings. The average molecular weight is 295 g/mol. The number of benzene rings is 1. The molecule has 0 spiro atoms. The maximum Gasteiger partial charge on any atom is 0.248 e. The number of aryl methyl sites for hydroxylation is 1. The highest BCUT2D eigenvalue weighted by Gasteiger charge is 1.97. The number of methoxy groups -OCH3 is 1. The molecule has 0 saturated carbocycles. The third kappa shape index (κ3) is 14.9. The van der Waals surface area contributed by atoms with E-state index in [1.165, 1.54) is 19.3 Å². The molecule has 0 radical (unpaired) electrons. The van der Waals surface area contributed by atoms with E-state index in [0.717, 1.165) is 18.1 Å². The first kappa shape index (κ1) is 21.9. The van der Waals surface area contributed by atoms with Crippen molar-refractivity contribution >= 4 is 5.91 Å². The van der Waals surface area contributed by atoms with Crippen LogP contribution in [0.5, 0.6) is 0 Å². The van der Waals surface area contributed by atoms with Crippen molar-refractivity contribution in [2.24, 2.45) is 11.7 Å². The number of ether oxygens (including phenoxy) is 1. The van der Waals surface area contributed by atoms with Gasteiger partial charge in [-0.15, -0.1) is 0 Å². The van der Waals surface area contributed by atoms with Crippen molar-refractivity contribution in [1.29, 1.82) is 0 Å². The van der Waals surface area contributed by atoms with E-state index < -0.39 is 0 Å². The zero-order valence-electron chi connectivity index (χ0n) is 14.6. The quantitative estimate of drug-likeness (QED) is 0.864. The molecule has 0 heterocycles. The highest BCUT2D eigenvalue weighted by atomic mass is 16.5. The first-order valence-corrected chi connectivity index (χ1v) is 7.78. The number of rotatable bonds is 5. The number of hydrogen-bond donors (Lipinski definition) is 1. The van der Waals surface area contributed by atoms with E-state index >= 15 is 0 Å². The molecule has 1 amide bonds. The fraction of sp³-hybridized carbons (Fsp3) is 0.611. The van der Waals surface area contributed by atoms with Gasteiger partial charge in [0.15, 0.2) is 0 Å². The maximum absolute atomic E-state index is 10.6. The van der Waals surface area contributed by atoms with E-state index in [-0.39, 0.29) is 5.91 Å². The molecule has 0 fully saturated rings. The number of hydrogen-bond acceptors (Lipinski definition) is 2. The van der Waals surface area contributed by atoms with Gasteiger partial charge in [0.05, 0.1) is 0 Å². The summed E-state index contributed by atoms with van der Waals surface area (Å²) in [6, 6.07) is 7.21. The standard InChI is InChI=1S/C8H9NO.C7H16O.C3H8/c1-6-3-2-4-7(5-6)8(9)10;1-4-7(2)5-6-8-3;1-3-2/h2-5H,1H3,(H2,9,10);7H,4-6H2,1-3H3;3H2,1-2H3. The molecular weight excluding hydrogens is 262 g/mol. The molecule has 2 N–H and O–H groups in total. The Morgan fingerprint density at radius 2 is 1.86 bits per heavy atom. The molecule has 1 unspecified atom stereocenters. The van der Waals surface area contributed by atoms with Crippen LogP contribution in [0.25, 0.3) is 0 Å². The molecule has 0 aromatic heterocycles. The number of amides is 1. The first-order valence-electron chi connectivity index (χ1n) is 7.78. The largest absolute Gasteiger partial charge is 0.385 e. The van der Waals surface area contributed by atoms with Crippen molar-refractivity contribution in [1.82, 2.24) is 0 Å². The van der Waals surface area contributed by atoms with Crippen molar-refractivity contribution < 1.29 is 9.53 Å². The average Bonchev–Trinajstić information content (AvgIpc) is 2.46. The van der Waals surface area contributed by atoms with Gasteiger partial charge >= 0.3 is 0 Å². The van der Waals surface area contributed by atoms with Crippen LogP contribution in [0.3, 0.4) is 0 Å². The Balaban J connectivity index is 0. The monoisotopic (exact) mass is 295 g/mol. The van der Waals surface area contributed by atoms with E-state index in [0.29, 0.717) is 5.56 Å². The predicted molar refractivity (Wildman–Crippen MR) is 91.6 cm³/mol. The lowest BCUT2D eigenvalue weighted by molar-refractivity contribution is 0.1000. The van der Waals surface area contributed by atoms with Gasteiger partial charge in [0.25, 0.3) is 0 Å². The zero-order valence-corrected chi connectivity index (χ0v) is 14.6. The molecule has 0 aliphatic rings. The SMILES string of the molecule is CCC.CCC(C)CCOC.Cc1cccc(C(N)=O)c1. The minimum absolute atomic E-state index is 0.372. The normalized spacial score (nSPS) is 10.6. The fourth-order valence-corrected chi connectivity index (χ4v) is 1.32. The molecule has 1 atom stereocenters. The van der Waals surface area contributed by atoms with Gasteiger partial charge in [0.1, 0.15) is 0 Å². The molecule has 3 heteroatoms. The van der Waals surface area contributed by atoms with Gasteiger partial charge in [0.2, 0.25) is 5.91 Å². The van der Waals surface area contributed by atoms with Crippen molar-refractivity contribution in [3.63, 3.8) is 0 Å². The molecular formula is C18H33NO2. The topological polar surface area (TPSA) is 52.3 Å². The number of carbonyl (C=O) groups is 1. The van der Waals surface area contributed by atoms with Gasteiger partial charge in [0, 0.05) is 19.3 Å². The van der Waals surface area contributed by atoms with Crippen LogP contribution in [-0.4, -0.2) is 19.6 Å². The Kier molecular flexibility index (Phi) is 15.7. The highest BCUT2D eigenvalue weighted by molar-refractivity contribution is 5.92. The third-order valence-corrected chi connectivity index (χ3v) is 2.81. The lowest BCUT2D eigenvalue weighted by atomic mass is 10.1. The summed E-state index contributed by atoms with van der Waals surface area (Å²) in [6.45, 7) is 11.5. The second-order valence-electron chi connectivity index (χ2n) is 5.24. The Bertz CT molecular complexity index is 364. The Morgan fingerprint density at radius 3 is 2.19 bits per heavy atom. The van der Waals surface area contributed by atoms with E-state index in [4.69, 9.17) is 10.5 Å². The van der Waals surface area contributed by atoms with Crippen molar-refractivity contribution in [2.75, 3.05) is 13.7 Å². The maximum atomic E-state index is 10.6. The third-order valence-electron chi connectivity index (χ3n) is 2.81. The fourth-order valence-electron chi connectivity index (χ4n) is 1.32. The summed E-state index contributed by atoms with van der Waals surface area (Å²) in [5, 5.41) is 0. The van der Waals surface area contributed by atoms with Crippen molar-refractivity contribution in [3.05, 3.63) is 35.4 Å². The first-order chi connectivity index (χ1) is 9.92. The summed E-state index contributed by atoms with van der Waals surface area (Å²) in [5.41, 5.74) is 6.67. The second kappa shape index (κ2) is 15.0. The van der Waals surface area contributed by atoms with Crippen LogP contribution in [0.2, 0.25) is 0 Å². The lowest BCUT2D eigenvalue weighted by Crippen LogP contribution is -2.10. The van der Waals surface area contributed by atoms with Crippen LogP contribution in [0.4, 0.5) is 0 Å². The molecule has 122 valence electrons. The van der Waals surface area contributed by atoms with Crippen LogP contribution in [0, 0.1) is 12.8 Å². The van der Waals surface area contributed by atoms with Gasteiger partial charge < -0.3 is 10.5 Å². The Morgan fingerprint density at radius 1 is 1.29 bits per heavy atom. The van der Waals surface area contributed by atoms with E-state index in [1.54, 1.807) is 19.2 Å². The van der Waals surface area contributed by atoms with Crippen molar-refractivity contribution in [2.45, 2.75) is 53.9 Å². The second-order valence-corrected chi connectivity index (χ2v) is 5.24. The van der Waals surface area contributed by atoms with Gasteiger partial charge in [-0.2, -0.15) is 0 Å². The summed E-state index contributed by atoms with van der Waals surface area (Å²) in [4.78, 5) is 10.6. The van der Waals surface area contributed by atoms with Crippen molar-refractivity contribution in [3.8, 4) is 0 Å². The zero-order chi connectivity index (χ0) is 16.7. The van der Waals surface area contributed by atoms with Gasteiger partial charge in [-0.05, 0) is 31.4 Å². The summed E-state index contributed by atoms with van der Waals surface area (Å²) in [7, 11) is 1.75. The van der Waals surface area contributed by atoms with Crippen LogP contribution in [0.1, 0.15) is 62.9 Å². The molecule has 0 bridgehead atoms. The van der Waals surface area contributed by atoms with Crippen LogP contribution < -0.4 is 5.73 Å². The lowest BCUT2D eigenvalue weighted by Gasteiger charge is -2.04. The molecule has 1 rings (SSSR count). The van der Waals surface area contributed by atoms with E-state index in [9.17, 15) is 4.79 Å². The Hall–Kier alpha value is -1.35. The van der Waals surface area contributed by atoms with E-state index in [1.807, 2.05) is 19.1 Å². The molecule has 0 aliphatic carbocycles. The predicted octanol–water partition coefficient (Wildman–Crippen LogP) is 4.58. The molecule has 21 heavy (non-hydrogen) atoms. The van der Waals surface area contributed by atoms with E-state index in [2.05, 4.69) is 27.7 Å². The summed E-state index contributed by atoms with van der Waals surface area (Å²) in [5.74, 6) is 0.457. The smallest absolute Gasteiger partial charge is 0.248 e. The van der Waals surface area contributed by atoms with Gasteiger partial charge in [-0.3, -0.25) is 4.79 Å². The molecule has 1 aromatic carbocycles. The molecule has 0 aliphatic heterocycles. The summed E-state index contributed by atoms with van der Waals surface area (Å²) >= 11 is 0. The molecule has 0 saturated heterocycles. The summed E-state index contributed by atoms with van der Waals surface area (Å²) in [6.07, 6.45) is 3.72. The van der Waals surface area contributed by atoms with Crippen LogP contribution >= 0.6 is 0 Å². The summed E-state index contributed by atoms with van der Waals surface area (Å²) < 4.78 is 4.91. The van der Waals surface area contributed by atoms with Crippen LogP contribution in [0.15, 0.2) is 24.3 Å². The number of nitrogens with two attached hydrogens (primary N) is 1. The van der Waals surface area contributed by atoms with Gasteiger partial charge in [-0.1, -0.05) is 58.2 Å². The minimum atomic E-state index is -0.372. The Labute approximate surface area is 130 Å². The number of carbonyl (C=O) groups excluding carboxylic acids is 1. The highest BCUT2D eigenvalue weighted by Crippen LogP contribution is 2.04. The van der Waals surface area contributed by atoms with Crippen LogP contribution in [-0.2, 0) is 4.74 Å². The number of primary amides is 1. The van der Waals surface area contributed by atoms with Gasteiger partial charge in [-0.25, -0.2) is 0 Å².